The number of alkyl halides is 2. The molecule has 0 bridgehead atoms. The van der Waals surface area contributed by atoms with Crippen molar-refractivity contribution >= 4 is 29.1 Å². The van der Waals surface area contributed by atoms with Gasteiger partial charge in [0.2, 0.25) is 0 Å². The number of carbonyl (C=O) groups excluding carboxylic acids is 1. The van der Waals surface area contributed by atoms with Gasteiger partial charge >= 0.3 is 0 Å². The SMILES string of the molecule is Cc1ccc(C(F)(F)CNC(=O)c2c(Oc3cccc(Cl)c3F)cnc(Cl)c2C)cc1C. The third kappa shape index (κ3) is 5.00. The van der Waals surface area contributed by atoms with Crippen LogP contribution in [0.1, 0.15) is 32.6 Å². The first-order valence-corrected chi connectivity index (χ1v) is 10.3. The lowest BCUT2D eigenvalue weighted by Gasteiger charge is -2.20. The number of aromatic nitrogens is 1. The van der Waals surface area contributed by atoms with Gasteiger partial charge in [0.05, 0.1) is 23.3 Å². The number of benzene rings is 2. The maximum absolute atomic E-state index is 14.7. The Hall–Kier alpha value is -2.77. The first-order valence-electron chi connectivity index (χ1n) is 9.52. The molecule has 0 unspecified atom stereocenters. The van der Waals surface area contributed by atoms with Gasteiger partial charge in [0.1, 0.15) is 5.15 Å². The second-order valence-corrected chi connectivity index (χ2v) is 8.02. The zero-order valence-corrected chi connectivity index (χ0v) is 18.9. The van der Waals surface area contributed by atoms with Crippen molar-refractivity contribution < 1.29 is 22.7 Å². The van der Waals surface area contributed by atoms with Crippen molar-refractivity contribution in [3.8, 4) is 11.5 Å². The number of hydrogen-bond acceptors (Lipinski definition) is 3. The molecule has 9 heteroatoms. The summed E-state index contributed by atoms with van der Waals surface area (Å²) in [7, 11) is 0. The first-order chi connectivity index (χ1) is 15.0. The van der Waals surface area contributed by atoms with E-state index in [1.807, 2.05) is 6.92 Å². The van der Waals surface area contributed by atoms with Crippen LogP contribution in [0.25, 0.3) is 0 Å². The molecular formula is C23H19Cl2F3N2O2. The number of halogens is 5. The summed E-state index contributed by atoms with van der Waals surface area (Å²) in [6.45, 7) is 4.07. The number of pyridine rings is 1. The molecule has 3 rings (SSSR count). The van der Waals surface area contributed by atoms with E-state index in [9.17, 15) is 18.0 Å². The molecule has 0 atom stereocenters. The van der Waals surface area contributed by atoms with Gasteiger partial charge in [0.15, 0.2) is 17.3 Å². The standard InChI is InChI=1S/C23H19Cl2F3N2O2/c1-12-7-8-15(9-13(12)2)23(27,28)11-30-22(31)19-14(3)21(25)29-10-18(19)32-17-6-4-5-16(24)20(17)26/h4-10H,11H2,1-3H3,(H,30,31). The quantitative estimate of drug-likeness (QED) is 0.394. The maximum Gasteiger partial charge on any atom is 0.290 e. The van der Waals surface area contributed by atoms with Gasteiger partial charge in [0.25, 0.3) is 11.8 Å². The molecule has 168 valence electrons. The minimum Gasteiger partial charge on any atom is -0.452 e. The Balaban J connectivity index is 1.88. The summed E-state index contributed by atoms with van der Waals surface area (Å²) in [6, 6.07) is 8.39. The van der Waals surface area contributed by atoms with E-state index in [-0.39, 0.29) is 38.4 Å². The van der Waals surface area contributed by atoms with Crippen molar-refractivity contribution in [3.63, 3.8) is 0 Å². The normalized spacial score (nSPS) is 11.4. The molecule has 0 aliphatic carbocycles. The number of ether oxygens (including phenoxy) is 1. The molecule has 1 heterocycles. The average Bonchev–Trinajstić information content (AvgIpc) is 2.74. The smallest absolute Gasteiger partial charge is 0.290 e. The molecule has 1 aromatic heterocycles. The third-order valence-electron chi connectivity index (χ3n) is 4.99. The summed E-state index contributed by atoms with van der Waals surface area (Å²) in [4.78, 5) is 16.8. The van der Waals surface area contributed by atoms with Gasteiger partial charge in [-0.3, -0.25) is 4.79 Å². The number of carbonyl (C=O) groups is 1. The van der Waals surface area contributed by atoms with Crippen LogP contribution in [0, 0.1) is 26.6 Å². The Kier molecular flexibility index (Phi) is 7.00. The fourth-order valence-electron chi connectivity index (χ4n) is 2.96. The summed E-state index contributed by atoms with van der Waals surface area (Å²) < 4.78 is 49.2. The molecule has 0 spiro atoms. The van der Waals surface area contributed by atoms with Crippen LogP contribution in [-0.4, -0.2) is 17.4 Å². The van der Waals surface area contributed by atoms with E-state index in [4.69, 9.17) is 27.9 Å². The minimum absolute atomic E-state index is 0.0185. The van der Waals surface area contributed by atoms with Crippen molar-refractivity contribution in [2.24, 2.45) is 0 Å². The van der Waals surface area contributed by atoms with Crippen LogP contribution in [-0.2, 0) is 5.92 Å². The van der Waals surface area contributed by atoms with Crippen LogP contribution in [0.3, 0.4) is 0 Å². The highest BCUT2D eigenvalue weighted by Gasteiger charge is 2.33. The third-order valence-corrected chi connectivity index (χ3v) is 5.66. The number of amides is 1. The molecular weight excluding hydrogens is 464 g/mol. The molecule has 0 aliphatic heterocycles. The van der Waals surface area contributed by atoms with Crippen molar-refractivity contribution in [2.75, 3.05) is 6.54 Å². The van der Waals surface area contributed by atoms with Gasteiger partial charge in [-0.05, 0) is 50.1 Å². The number of nitrogens with zero attached hydrogens (tertiary/aromatic N) is 1. The number of rotatable bonds is 6. The minimum atomic E-state index is -3.32. The monoisotopic (exact) mass is 482 g/mol. The number of nitrogens with one attached hydrogen (secondary N) is 1. The van der Waals surface area contributed by atoms with Crippen molar-refractivity contribution in [2.45, 2.75) is 26.7 Å². The van der Waals surface area contributed by atoms with Gasteiger partial charge in [-0.2, -0.15) is 8.78 Å². The van der Waals surface area contributed by atoms with Gasteiger partial charge in [-0.25, -0.2) is 9.37 Å². The second kappa shape index (κ2) is 9.38. The Morgan fingerprint density at radius 1 is 1.09 bits per heavy atom. The van der Waals surface area contributed by atoms with Crippen molar-refractivity contribution in [1.82, 2.24) is 10.3 Å². The van der Waals surface area contributed by atoms with E-state index in [1.165, 1.54) is 37.3 Å². The largest absolute Gasteiger partial charge is 0.452 e. The Bertz CT molecular complexity index is 1190. The van der Waals surface area contributed by atoms with Gasteiger partial charge in [-0.15, -0.1) is 0 Å². The van der Waals surface area contributed by atoms with Crippen LogP contribution in [0.15, 0.2) is 42.6 Å². The highest BCUT2D eigenvalue weighted by Crippen LogP contribution is 2.34. The molecule has 1 N–H and O–H groups in total. The van der Waals surface area contributed by atoms with E-state index >= 15 is 0 Å². The zero-order valence-electron chi connectivity index (χ0n) is 17.4. The van der Waals surface area contributed by atoms with E-state index in [2.05, 4.69) is 10.3 Å². The maximum atomic E-state index is 14.7. The van der Waals surface area contributed by atoms with E-state index in [1.54, 1.807) is 13.0 Å². The first kappa shape index (κ1) is 23.9. The lowest BCUT2D eigenvalue weighted by atomic mass is 10.0. The fourth-order valence-corrected chi connectivity index (χ4v) is 3.27. The molecule has 0 saturated heterocycles. The zero-order chi connectivity index (χ0) is 23.6. The van der Waals surface area contributed by atoms with E-state index < -0.39 is 24.2 Å². The molecule has 2 aromatic carbocycles. The Morgan fingerprint density at radius 2 is 1.81 bits per heavy atom. The highest BCUT2D eigenvalue weighted by molar-refractivity contribution is 6.31. The summed E-state index contributed by atoms with van der Waals surface area (Å²) in [6.07, 6.45) is 1.12. The fraction of sp³-hybridized carbons (Fsp3) is 0.217. The summed E-state index contributed by atoms with van der Waals surface area (Å²) in [5.74, 6) is -5.43. The lowest BCUT2D eigenvalue weighted by molar-refractivity contribution is -0.00257. The molecule has 1 amide bonds. The summed E-state index contributed by atoms with van der Waals surface area (Å²) in [5, 5.41) is 2.02. The van der Waals surface area contributed by atoms with Crippen molar-refractivity contribution in [1.29, 1.82) is 0 Å². The molecule has 0 aliphatic rings. The second-order valence-electron chi connectivity index (χ2n) is 7.25. The Labute approximate surface area is 193 Å². The van der Waals surface area contributed by atoms with E-state index in [0.717, 1.165) is 11.8 Å². The topological polar surface area (TPSA) is 51.2 Å². The van der Waals surface area contributed by atoms with E-state index in [0.29, 0.717) is 5.56 Å². The average molecular weight is 483 g/mol. The van der Waals surface area contributed by atoms with Gasteiger partial charge in [-0.1, -0.05) is 41.4 Å². The van der Waals surface area contributed by atoms with Gasteiger partial charge in [0, 0.05) is 11.1 Å². The molecule has 4 nitrogen and oxygen atoms in total. The summed E-state index contributed by atoms with van der Waals surface area (Å²) >= 11 is 11.8. The van der Waals surface area contributed by atoms with Crippen LogP contribution < -0.4 is 10.1 Å². The van der Waals surface area contributed by atoms with Crippen LogP contribution in [0.5, 0.6) is 11.5 Å². The Morgan fingerprint density at radius 3 is 2.50 bits per heavy atom. The van der Waals surface area contributed by atoms with Crippen LogP contribution in [0.4, 0.5) is 13.2 Å². The van der Waals surface area contributed by atoms with Crippen LogP contribution in [0.2, 0.25) is 10.2 Å². The number of hydrogen-bond donors (Lipinski definition) is 1. The summed E-state index contributed by atoms with van der Waals surface area (Å²) in [5.41, 5.74) is 1.43. The highest BCUT2D eigenvalue weighted by atomic mass is 35.5. The number of aryl methyl sites for hydroxylation is 2. The molecule has 0 fully saturated rings. The van der Waals surface area contributed by atoms with Crippen LogP contribution >= 0.6 is 23.2 Å². The molecule has 0 saturated carbocycles. The molecule has 3 aromatic rings. The van der Waals surface area contributed by atoms with Gasteiger partial charge < -0.3 is 10.1 Å². The molecule has 32 heavy (non-hydrogen) atoms. The van der Waals surface area contributed by atoms with Crippen molar-refractivity contribution in [3.05, 3.63) is 86.4 Å². The molecule has 0 radical (unpaired) electrons. The lowest BCUT2D eigenvalue weighted by Crippen LogP contribution is -2.35. The predicted octanol–water partition coefficient (Wildman–Crippen LogP) is 6.77. The predicted molar refractivity (Wildman–Crippen MR) is 118 cm³/mol.